The predicted molar refractivity (Wildman–Crippen MR) is 116 cm³/mol. The maximum absolute atomic E-state index is 13.7. The van der Waals surface area contributed by atoms with E-state index >= 15 is 0 Å². The van der Waals surface area contributed by atoms with Gasteiger partial charge in [0.25, 0.3) is 5.91 Å². The number of carbonyl (C=O) groups excluding carboxylic acids is 1. The molecule has 0 saturated carbocycles. The van der Waals surface area contributed by atoms with Crippen LogP contribution >= 0.6 is 27.3 Å². The summed E-state index contributed by atoms with van der Waals surface area (Å²) in [6, 6.07) is 14.8. The molecule has 7 nitrogen and oxygen atoms in total. The molecule has 0 saturated heterocycles. The number of nitrogens with one attached hydrogen (secondary N) is 1. The zero-order valence-electron chi connectivity index (χ0n) is 15.5. The van der Waals surface area contributed by atoms with Crippen molar-refractivity contribution in [2.45, 2.75) is 6.54 Å². The summed E-state index contributed by atoms with van der Waals surface area (Å²) in [6.45, 7) is 0.233. The molecule has 154 valence electrons. The van der Waals surface area contributed by atoms with E-state index in [1.165, 1.54) is 12.1 Å². The summed E-state index contributed by atoms with van der Waals surface area (Å²) in [7, 11) is -3.75. The Balaban J connectivity index is 2.02. The van der Waals surface area contributed by atoms with Gasteiger partial charge in [0, 0.05) is 5.69 Å². The molecule has 0 aliphatic carbocycles. The number of hydrogen-bond acceptors (Lipinski definition) is 7. The molecule has 1 N–H and O–H groups in total. The highest BCUT2D eigenvalue weighted by molar-refractivity contribution is 9.11. The minimum Gasteiger partial charge on any atom is -0.313 e. The normalized spacial score (nSPS) is 11.0. The number of halogens is 2. The van der Waals surface area contributed by atoms with Gasteiger partial charge in [0.1, 0.15) is 9.60 Å². The number of carbonyl (C=O) groups is 1. The van der Waals surface area contributed by atoms with Gasteiger partial charge in [0.2, 0.25) is 10.0 Å². The number of amides is 1. The van der Waals surface area contributed by atoms with E-state index in [1.807, 2.05) is 10.8 Å². The molecule has 0 spiro atoms. The first kappa shape index (κ1) is 21.9. The highest BCUT2D eigenvalue weighted by Crippen LogP contribution is 2.36. The van der Waals surface area contributed by atoms with Gasteiger partial charge in [0.05, 0.1) is 24.4 Å². The summed E-state index contributed by atoms with van der Waals surface area (Å²) in [5.74, 6) is -1.25. The van der Waals surface area contributed by atoms with Crippen LogP contribution in [0.25, 0.3) is 0 Å². The minimum absolute atomic E-state index is 0.0849. The predicted octanol–water partition coefficient (Wildman–Crippen LogP) is 3.94. The number of nitrogens with zero attached hydrogens (tertiary/aromatic N) is 3. The van der Waals surface area contributed by atoms with Gasteiger partial charge in [-0.2, -0.15) is 5.26 Å². The van der Waals surface area contributed by atoms with Gasteiger partial charge in [0.15, 0.2) is 10.8 Å². The van der Waals surface area contributed by atoms with Gasteiger partial charge in [-0.3, -0.25) is 4.79 Å². The molecule has 0 atom stereocenters. The molecular weight excluding hydrogens is 495 g/mol. The molecular formula is C19H14BrFN4O3S2. The standard InChI is InChI=1S/C19H14BrFN4O3S2/c1-30(27,28)24-18(26)16-17(20)29-19(23-16)25(11-13-3-2-4-14(21)9-13)15-7-5-12(10-22)6-8-15/h2-9H,11H2,1H3,(H,24,26). The topological polar surface area (TPSA) is 103 Å². The molecule has 0 bridgehead atoms. The Kier molecular flexibility index (Phi) is 6.50. The van der Waals surface area contributed by atoms with Crippen molar-refractivity contribution < 1.29 is 17.6 Å². The maximum atomic E-state index is 13.7. The van der Waals surface area contributed by atoms with Crippen molar-refractivity contribution in [2.75, 3.05) is 11.2 Å². The van der Waals surface area contributed by atoms with E-state index in [4.69, 9.17) is 5.26 Å². The first-order valence-electron chi connectivity index (χ1n) is 8.37. The second kappa shape index (κ2) is 8.91. The smallest absolute Gasteiger partial charge is 0.285 e. The average molecular weight is 509 g/mol. The first-order valence-corrected chi connectivity index (χ1v) is 11.9. The molecule has 1 heterocycles. The molecule has 0 aliphatic heterocycles. The van der Waals surface area contributed by atoms with E-state index < -0.39 is 15.9 Å². The summed E-state index contributed by atoms with van der Waals surface area (Å²) >= 11 is 4.38. The summed E-state index contributed by atoms with van der Waals surface area (Å²) < 4.78 is 38.7. The van der Waals surface area contributed by atoms with Gasteiger partial charge >= 0.3 is 0 Å². The lowest BCUT2D eigenvalue weighted by molar-refractivity contribution is 0.0977. The van der Waals surface area contributed by atoms with Crippen LogP contribution in [-0.4, -0.2) is 25.6 Å². The molecule has 0 radical (unpaired) electrons. The van der Waals surface area contributed by atoms with Crippen molar-refractivity contribution in [3.8, 4) is 6.07 Å². The van der Waals surface area contributed by atoms with Crippen LogP contribution in [0.5, 0.6) is 0 Å². The Morgan fingerprint density at radius 1 is 1.30 bits per heavy atom. The second-order valence-electron chi connectivity index (χ2n) is 6.20. The largest absolute Gasteiger partial charge is 0.313 e. The number of thiazole rings is 1. The van der Waals surface area contributed by atoms with E-state index in [1.54, 1.807) is 41.3 Å². The highest BCUT2D eigenvalue weighted by Gasteiger charge is 2.23. The van der Waals surface area contributed by atoms with E-state index in [2.05, 4.69) is 20.9 Å². The van der Waals surface area contributed by atoms with Crippen LogP contribution in [0.3, 0.4) is 0 Å². The Hall–Kier alpha value is -2.81. The summed E-state index contributed by atoms with van der Waals surface area (Å²) in [6.07, 6.45) is 0.874. The van der Waals surface area contributed by atoms with Gasteiger partial charge in [-0.15, -0.1) is 0 Å². The Labute approximate surface area is 185 Å². The molecule has 0 fully saturated rings. The fraction of sp³-hybridized carbons (Fsp3) is 0.105. The number of aromatic nitrogens is 1. The molecule has 3 rings (SSSR count). The molecule has 11 heteroatoms. The number of nitriles is 1. The number of anilines is 2. The third-order valence-electron chi connectivity index (χ3n) is 3.84. The lowest BCUT2D eigenvalue weighted by atomic mass is 10.1. The van der Waals surface area contributed by atoms with E-state index in [0.717, 1.165) is 17.6 Å². The van der Waals surface area contributed by atoms with E-state index in [0.29, 0.717) is 25.7 Å². The molecule has 2 aromatic carbocycles. The lowest BCUT2D eigenvalue weighted by Gasteiger charge is -2.22. The third kappa shape index (κ3) is 5.41. The fourth-order valence-electron chi connectivity index (χ4n) is 2.57. The van der Waals surface area contributed by atoms with Crippen molar-refractivity contribution in [3.05, 3.63) is 75.0 Å². The zero-order valence-corrected chi connectivity index (χ0v) is 18.7. The molecule has 1 aromatic heterocycles. The molecule has 1 amide bonds. The van der Waals surface area contributed by atoms with Crippen LogP contribution < -0.4 is 9.62 Å². The van der Waals surface area contributed by atoms with Crippen molar-refractivity contribution in [1.82, 2.24) is 9.71 Å². The van der Waals surface area contributed by atoms with Crippen LogP contribution in [0.1, 0.15) is 21.6 Å². The van der Waals surface area contributed by atoms with Gasteiger partial charge < -0.3 is 4.90 Å². The van der Waals surface area contributed by atoms with Crippen molar-refractivity contribution in [2.24, 2.45) is 0 Å². The average Bonchev–Trinajstić information content (AvgIpc) is 3.06. The van der Waals surface area contributed by atoms with Crippen LogP contribution in [-0.2, 0) is 16.6 Å². The lowest BCUT2D eigenvalue weighted by Crippen LogP contribution is -2.30. The monoisotopic (exact) mass is 508 g/mol. The first-order chi connectivity index (χ1) is 14.2. The number of rotatable bonds is 6. The van der Waals surface area contributed by atoms with E-state index in [-0.39, 0.29) is 18.1 Å². The minimum atomic E-state index is -3.75. The van der Waals surface area contributed by atoms with Crippen LogP contribution in [0.2, 0.25) is 0 Å². The molecule has 0 unspecified atom stereocenters. The Morgan fingerprint density at radius 2 is 2.00 bits per heavy atom. The van der Waals surface area contributed by atoms with Crippen molar-refractivity contribution >= 4 is 54.0 Å². The molecule has 30 heavy (non-hydrogen) atoms. The van der Waals surface area contributed by atoms with Crippen LogP contribution in [0.15, 0.2) is 52.3 Å². The van der Waals surface area contributed by atoms with Crippen LogP contribution in [0, 0.1) is 17.1 Å². The van der Waals surface area contributed by atoms with E-state index in [9.17, 15) is 17.6 Å². The fourth-order valence-corrected chi connectivity index (χ4v) is 4.52. The maximum Gasteiger partial charge on any atom is 0.285 e. The second-order valence-corrected chi connectivity index (χ2v) is 10.2. The summed E-state index contributed by atoms with van der Waals surface area (Å²) in [4.78, 5) is 18.3. The van der Waals surface area contributed by atoms with Gasteiger partial charge in [-0.1, -0.05) is 23.5 Å². The summed E-state index contributed by atoms with van der Waals surface area (Å²) in [5, 5.41) is 9.41. The number of benzene rings is 2. The summed E-state index contributed by atoms with van der Waals surface area (Å²) in [5.41, 5.74) is 1.71. The highest BCUT2D eigenvalue weighted by atomic mass is 79.9. The molecule has 3 aromatic rings. The van der Waals surface area contributed by atoms with Gasteiger partial charge in [-0.05, 0) is 57.9 Å². The van der Waals surface area contributed by atoms with Crippen molar-refractivity contribution in [3.63, 3.8) is 0 Å². The van der Waals surface area contributed by atoms with Crippen LogP contribution in [0.4, 0.5) is 15.2 Å². The Morgan fingerprint density at radius 3 is 2.60 bits per heavy atom. The zero-order chi connectivity index (χ0) is 21.9. The Bertz CT molecular complexity index is 1240. The quantitative estimate of drug-likeness (QED) is 0.540. The molecule has 0 aliphatic rings. The number of sulfonamides is 1. The third-order valence-corrected chi connectivity index (χ3v) is 6.12. The van der Waals surface area contributed by atoms with Crippen molar-refractivity contribution in [1.29, 1.82) is 5.26 Å². The SMILES string of the molecule is CS(=O)(=O)NC(=O)c1nc(N(Cc2cccc(F)c2)c2ccc(C#N)cc2)sc1Br. The number of hydrogen-bond donors (Lipinski definition) is 1. The van der Waals surface area contributed by atoms with Gasteiger partial charge in [-0.25, -0.2) is 22.5 Å².